The van der Waals surface area contributed by atoms with Gasteiger partial charge in [0.05, 0.1) is 0 Å². The molecule has 1 heterocycles. The third kappa shape index (κ3) is 2.76. The maximum absolute atomic E-state index is 6.08. The van der Waals surface area contributed by atoms with Gasteiger partial charge in [0.1, 0.15) is 5.84 Å². The first-order valence-electron chi connectivity index (χ1n) is 5.83. The van der Waals surface area contributed by atoms with Crippen molar-refractivity contribution in [1.29, 1.82) is 0 Å². The van der Waals surface area contributed by atoms with Crippen molar-refractivity contribution < 1.29 is 0 Å². The molecule has 2 nitrogen and oxygen atoms in total. The minimum absolute atomic E-state index is 0.805. The smallest absolute Gasteiger partial charge is 0.101 e. The zero-order chi connectivity index (χ0) is 11.4. The van der Waals surface area contributed by atoms with Gasteiger partial charge in [0, 0.05) is 23.7 Å². The summed E-state index contributed by atoms with van der Waals surface area (Å²) in [6.07, 6.45) is 4.76. The normalized spacial score (nSPS) is 16.5. The van der Waals surface area contributed by atoms with E-state index in [0.29, 0.717) is 0 Å². The Hall–Kier alpha value is -1.02. The second kappa shape index (κ2) is 5.35. The summed E-state index contributed by atoms with van der Waals surface area (Å²) in [5.41, 5.74) is 2.17. The van der Waals surface area contributed by atoms with Crippen LogP contribution in [0.25, 0.3) is 0 Å². The third-order valence-electron chi connectivity index (χ3n) is 2.92. The predicted molar refractivity (Wildman–Crippen MR) is 70.6 cm³/mol. The standard InChI is InChI=1S/C13H17ClN2/c1-10-11(14)6-5-7-12(10)16-13-8-3-2-4-9-15-13/h5-7H,2-4,8-9H2,1H3,(H,15,16). The molecule has 16 heavy (non-hydrogen) atoms. The highest BCUT2D eigenvalue weighted by Gasteiger charge is 2.07. The van der Waals surface area contributed by atoms with Crippen LogP contribution < -0.4 is 5.32 Å². The number of benzene rings is 1. The number of amidine groups is 1. The number of halogens is 1. The van der Waals surface area contributed by atoms with Gasteiger partial charge >= 0.3 is 0 Å². The summed E-state index contributed by atoms with van der Waals surface area (Å²) in [5.74, 6) is 1.10. The van der Waals surface area contributed by atoms with Crippen molar-refractivity contribution in [2.24, 2.45) is 4.99 Å². The molecule has 0 unspecified atom stereocenters. The molecule has 1 aromatic carbocycles. The van der Waals surface area contributed by atoms with Gasteiger partial charge in [-0.05, 0) is 37.5 Å². The molecule has 0 spiro atoms. The molecule has 0 aliphatic carbocycles. The molecule has 0 bridgehead atoms. The summed E-state index contributed by atoms with van der Waals surface area (Å²) >= 11 is 6.08. The maximum atomic E-state index is 6.08. The van der Waals surface area contributed by atoms with E-state index in [0.717, 1.165) is 35.1 Å². The van der Waals surface area contributed by atoms with E-state index in [4.69, 9.17) is 11.6 Å². The maximum Gasteiger partial charge on any atom is 0.101 e. The molecule has 0 aromatic heterocycles. The van der Waals surface area contributed by atoms with Crippen LogP contribution in [-0.4, -0.2) is 12.4 Å². The summed E-state index contributed by atoms with van der Waals surface area (Å²) in [6, 6.07) is 5.93. The van der Waals surface area contributed by atoms with E-state index in [1.54, 1.807) is 0 Å². The Morgan fingerprint density at radius 1 is 1.25 bits per heavy atom. The number of nitrogens with zero attached hydrogens (tertiary/aromatic N) is 1. The molecule has 0 atom stereocenters. The monoisotopic (exact) mass is 236 g/mol. The Morgan fingerprint density at radius 2 is 2.12 bits per heavy atom. The van der Waals surface area contributed by atoms with Gasteiger partial charge in [-0.25, -0.2) is 0 Å². The number of rotatable bonds is 1. The van der Waals surface area contributed by atoms with Crippen molar-refractivity contribution in [2.75, 3.05) is 11.9 Å². The highest BCUT2D eigenvalue weighted by Crippen LogP contribution is 2.23. The molecule has 86 valence electrons. The second-order valence-corrected chi connectivity index (χ2v) is 4.58. The summed E-state index contributed by atoms with van der Waals surface area (Å²) in [7, 11) is 0. The first-order chi connectivity index (χ1) is 7.77. The van der Waals surface area contributed by atoms with Crippen molar-refractivity contribution >= 4 is 23.1 Å². The van der Waals surface area contributed by atoms with Crippen molar-refractivity contribution in [3.05, 3.63) is 28.8 Å². The molecule has 1 aromatic rings. The Kier molecular flexibility index (Phi) is 3.83. The van der Waals surface area contributed by atoms with E-state index in [-0.39, 0.29) is 0 Å². The quantitative estimate of drug-likeness (QED) is 0.782. The van der Waals surface area contributed by atoms with Crippen LogP contribution in [0.4, 0.5) is 5.69 Å². The minimum Gasteiger partial charge on any atom is -0.344 e. The number of hydrogen-bond acceptors (Lipinski definition) is 2. The van der Waals surface area contributed by atoms with E-state index in [1.807, 2.05) is 19.1 Å². The summed E-state index contributed by atoms with van der Waals surface area (Å²) in [6.45, 7) is 2.98. The molecule has 0 radical (unpaired) electrons. The highest BCUT2D eigenvalue weighted by atomic mass is 35.5. The lowest BCUT2D eigenvalue weighted by Gasteiger charge is -2.11. The van der Waals surface area contributed by atoms with Gasteiger partial charge in [-0.2, -0.15) is 0 Å². The topological polar surface area (TPSA) is 24.4 Å². The molecule has 1 aliphatic heterocycles. The van der Waals surface area contributed by atoms with Crippen LogP contribution in [0, 0.1) is 6.92 Å². The SMILES string of the molecule is Cc1c(Cl)cccc1NC1=NCCCCC1. The largest absolute Gasteiger partial charge is 0.344 e. The first kappa shape index (κ1) is 11.5. The highest BCUT2D eigenvalue weighted by molar-refractivity contribution is 6.31. The summed E-state index contributed by atoms with van der Waals surface area (Å²) in [5, 5.41) is 4.20. The number of nitrogens with one attached hydrogen (secondary N) is 1. The van der Waals surface area contributed by atoms with E-state index in [2.05, 4.69) is 16.4 Å². The fourth-order valence-corrected chi connectivity index (χ4v) is 2.05. The molecule has 0 saturated heterocycles. The van der Waals surface area contributed by atoms with E-state index in [9.17, 15) is 0 Å². The lowest BCUT2D eigenvalue weighted by molar-refractivity contribution is 0.731. The van der Waals surface area contributed by atoms with Crippen LogP contribution in [0.2, 0.25) is 5.02 Å². The molecular formula is C13H17ClN2. The summed E-state index contributed by atoms with van der Waals surface area (Å²) in [4.78, 5) is 4.55. The van der Waals surface area contributed by atoms with Crippen molar-refractivity contribution in [3.8, 4) is 0 Å². The van der Waals surface area contributed by atoms with Crippen LogP contribution in [-0.2, 0) is 0 Å². The van der Waals surface area contributed by atoms with Crippen LogP contribution in [0.1, 0.15) is 31.2 Å². The lowest BCUT2D eigenvalue weighted by atomic mass is 10.1. The average Bonchev–Trinajstić information content (AvgIpc) is 2.53. The van der Waals surface area contributed by atoms with Crippen molar-refractivity contribution in [1.82, 2.24) is 0 Å². The predicted octanol–water partition coefficient (Wildman–Crippen LogP) is 4.03. The van der Waals surface area contributed by atoms with Crippen LogP contribution >= 0.6 is 11.6 Å². The van der Waals surface area contributed by atoms with Gasteiger partial charge < -0.3 is 5.32 Å². The molecule has 0 saturated carbocycles. The van der Waals surface area contributed by atoms with Gasteiger partial charge in [0.2, 0.25) is 0 Å². The zero-order valence-corrected chi connectivity index (χ0v) is 10.3. The number of hydrogen-bond donors (Lipinski definition) is 1. The molecule has 1 aliphatic rings. The molecule has 0 fully saturated rings. The fraction of sp³-hybridized carbons (Fsp3) is 0.462. The van der Waals surface area contributed by atoms with E-state index in [1.165, 1.54) is 19.3 Å². The Morgan fingerprint density at radius 3 is 3.00 bits per heavy atom. The lowest BCUT2D eigenvalue weighted by Crippen LogP contribution is -2.12. The second-order valence-electron chi connectivity index (χ2n) is 4.18. The van der Waals surface area contributed by atoms with Crippen LogP contribution in [0.5, 0.6) is 0 Å². The Bertz CT molecular complexity index is 399. The van der Waals surface area contributed by atoms with E-state index < -0.39 is 0 Å². The molecule has 3 heteroatoms. The van der Waals surface area contributed by atoms with Crippen LogP contribution in [0.15, 0.2) is 23.2 Å². The van der Waals surface area contributed by atoms with Gasteiger partial charge in [-0.1, -0.05) is 24.1 Å². The van der Waals surface area contributed by atoms with Crippen molar-refractivity contribution in [3.63, 3.8) is 0 Å². The third-order valence-corrected chi connectivity index (χ3v) is 3.33. The van der Waals surface area contributed by atoms with Gasteiger partial charge in [0.15, 0.2) is 0 Å². The average molecular weight is 237 g/mol. The number of anilines is 1. The van der Waals surface area contributed by atoms with E-state index >= 15 is 0 Å². The Balaban J connectivity index is 2.13. The zero-order valence-electron chi connectivity index (χ0n) is 9.59. The first-order valence-corrected chi connectivity index (χ1v) is 6.20. The molecule has 1 N–H and O–H groups in total. The van der Waals surface area contributed by atoms with Gasteiger partial charge in [0.25, 0.3) is 0 Å². The van der Waals surface area contributed by atoms with Gasteiger partial charge in [-0.3, -0.25) is 4.99 Å². The van der Waals surface area contributed by atoms with Crippen LogP contribution in [0.3, 0.4) is 0 Å². The number of aliphatic imine (C=N–C) groups is 1. The molecule has 0 amide bonds. The molecular weight excluding hydrogens is 220 g/mol. The van der Waals surface area contributed by atoms with Gasteiger partial charge in [-0.15, -0.1) is 0 Å². The van der Waals surface area contributed by atoms with Crippen molar-refractivity contribution in [2.45, 2.75) is 32.6 Å². The minimum atomic E-state index is 0.805. The fourth-order valence-electron chi connectivity index (χ4n) is 1.87. The Labute approximate surface area is 102 Å². The molecule has 2 rings (SSSR count). The summed E-state index contributed by atoms with van der Waals surface area (Å²) < 4.78 is 0.